The van der Waals surface area contributed by atoms with Crippen molar-refractivity contribution in [3.8, 4) is 0 Å². The van der Waals surface area contributed by atoms with E-state index in [0.717, 1.165) is 5.69 Å². The summed E-state index contributed by atoms with van der Waals surface area (Å²) in [6.45, 7) is 11.2. The number of nitrogens with one attached hydrogen (secondary N) is 3. The highest BCUT2D eigenvalue weighted by Crippen LogP contribution is 2.24. The van der Waals surface area contributed by atoms with Crippen LogP contribution in [0.2, 0.25) is 0 Å². The quantitative estimate of drug-likeness (QED) is 0.245. The predicted molar refractivity (Wildman–Crippen MR) is 155 cm³/mol. The number of imide groups is 2. The zero-order valence-corrected chi connectivity index (χ0v) is 25.5. The zero-order chi connectivity index (χ0) is 30.9. The highest BCUT2D eigenvalue weighted by Gasteiger charge is 2.32. The van der Waals surface area contributed by atoms with Crippen LogP contribution in [0.1, 0.15) is 96.5 Å². The van der Waals surface area contributed by atoms with Gasteiger partial charge in [0.1, 0.15) is 17.2 Å². The number of esters is 2. The van der Waals surface area contributed by atoms with Gasteiger partial charge in [-0.15, -0.1) is 0 Å². The van der Waals surface area contributed by atoms with E-state index < -0.39 is 12.0 Å². The maximum Gasteiger partial charge on any atom is 0.341 e. The van der Waals surface area contributed by atoms with Crippen LogP contribution >= 0.6 is 15.9 Å². The van der Waals surface area contributed by atoms with E-state index in [2.05, 4.69) is 41.9 Å². The molecule has 4 amide bonds. The lowest BCUT2D eigenvalue weighted by atomic mass is 10.1. The van der Waals surface area contributed by atoms with Crippen molar-refractivity contribution in [2.75, 3.05) is 13.2 Å². The summed E-state index contributed by atoms with van der Waals surface area (Å²) in [5.41, 5.74) is 3.48. The average molecular weight is 656 g/mol. The molecule has 0 saturated carbocycles. The Hall–Kier alpha value is -3.88. The highest BCUT2D eigenvalue weighted by molar-refractivity contribution is 9.10. The van der Waals surface area contributed by atoms with Crippen LogP contribution in [0.3, 0.4) is 0 Å². The number of alkyl halides is 1. The van der Waals surface area contributed by atoms with E-state index in [1.165, 1.54) is 4.68 Å². The van der Waals surface area contributed by atoms with Crippen molar-refractivity contribution in [2.45, 2.75) is 85.5 Å². The number of amides is 4. The molecular formula is C27H39BrN6O8. The van der Waals surface area contributed by atoms with Gasteiger partial charge in [-0.25, -0.2) is 9.59 Å². The van der Waals surface area contributed by atoms with E-state index in [1.54, 1.807) is 41.5 Å². The maximum atomic E-state index is 11.9. The summed E-state index contributed by atoms with van der Waals surface area (Å²) >= 11 is 3.12. The van der Waals surface area contributed by atoms with Crippen molar-refractivity contribution in [1.82, 2.24) is 30.6 Å². The smallest absolute Gasteiger partial charge is 0.341 e. The van der Waals surface area contributed by atoms with Crippen LogP contribution in [0.25, 0.3) is 0 Å². The Morgan fingerprint density at radius 1 is 0.857 bits per heavy atom. The fourth-order valence-corrected chi connectivity index (χ4v) is 4.45. The van der Waals surface area contributed by atoms with E-state index >= 15 is 0 Å². The molecule has 2 aliphatic rings. The molecular weight excluding hydrogens is 616 g/mol. The van der Waals surface area contributed by atoms with Gasteiger partial charge in [0.25, 0.3) is 5.91 Å². The number of carbonyl (C=O) groups excluding carboxylic acids is 6. The number of halogens is 1. The number of carbonyl (C=O) groups is 6. The first-order chi connectivity index (χ1) is 19.3. The summed E-state index contributed by atoms with van der Waals surface area (Å²) in [5.74, 6) is -1.80. The summed E-state index contributed by atoms with van der Waals surface area (Å²) in [7, 11) is 0. The average Bonchev–Trinajstić information content (AvgIpc) is 3.39. The van der Waals surface area contributed by atoms with Gasteiger partial charge in [-0.3, -0.25) is 39.6 Å². The van der Waals surface area contributed by atoms with Crippen molar-refractivity contribution in [2.24, 2.45) is 0 Å². The van der Waals surface area contributed by atoms with Crippen molar-refractivity contribution in [3.05, 3.63) is 33.9 Å². The number of hydrogen-bond donors (Lipinski definition) is 3. The first kappa shape index (κ1) is 36.1. The minimum atomic E-state index is -0.561. The maximum absolute atomic E-state index is 11.9. The number of ether oxygens (including phenoxy) is 2. The van der Waals surface area contributed by atoms with Crippen LogP contribution in [0.5, 0.6) is 0 Å². The second-order valence-corrected chi connectivity index (χ2v) is 10.2. The molecule has 3 N–H and O–H groups in total. The minimum Gasteiger partial charge on any atom is -0.462 e. The third-order valence-corrected chi connectivity index (χ3v) is 6.96. The first-order valence-corrected chi connectivity index (χ1v) is 14.0. The van der Waals surface area contributed by atoms with E-state index in [9.17, 15) is 28.8 Å². The van der Waals surface area contributed by atoms with Gasteiger partial charge in [-0.2, -0.15) is 10.2 Å². The van der Waals surface area contributed by atoms with Gasteiger partial charge in [-0.05, 0) is 54.4 Å². The lowest BCUT2D eigenvalue weighted by molar-refractivity contribution is -0.136. The number of piperidine rings is 2. The Bertz CT molecular complexity index is 1300. The number of nitrogens with zero attached hydrogens (tertiary/aromatic N) is 3. The molecule has 0 aromatic carbocycles. The second-order valence-electron chi connectivity index (χ2n) is 9.13. The third kappa shape index (κ3) is 9.33. The summed E-state index contributed by atoms with van der Waals surface area (Å²) in [5, 5.41) is 15.4. The van der Waals surface area contributed by atoms with Crippen LogP contribution in [0.15, 0.2) is 0 Å². The molecule has 0 radical (unpaired) electrons. The molecule has 2 unspecified atom stereocenters. The Morgan fingerprint density at radius 3 is 1.83 bits per heavy atom. The standard InChI is InChI=1S/C13H17N3O4.C8H12N2O2.C5H6BrNO2.CH4/c1-4-20-13(19)11-7(2)15-16(8(11)3)9-5-6-10(17)14-12(9)18;1-4-12-8(11)7-5(2)9-10-6(7)3;6-3-1-2-4(8)7-5(3)9;/h9H,4-6H2,1-3H3,(H,14,17,18);4H2,1-3H3,(H,9,10);3H,1-2H2,(H,7,8,9);1H4. The SMILES string of the molecule is C.CCOC(=O)c1c(C)n[nH]c1C.CCOC(=O)c1c(C)nn(C2CCC(=O)NC2=O)c1C.O=C1CCC(Br)C(=O)N1. The molecule has 2 fully saturated rings. The van der Waals surface area contributed by atoms with Crippen molar-refractivity contribution in [3.63, 3.8) is 0 Å². The van der Waals surface area contributed by atoms with Gasteiger partial charge in [0.15, 0.2) is 0 Å². The topological polar surface area (TPSA) is 191 Å². The molecule has 2 aromatic rings. The zero-order valence-electron chi connectivity index (χ0n) is 23.9. The van der Waals surface area contributed by atoms with Gasteiger partial charge in [-0.1, -0.05) is 23.4 Å². The molecule has 4 rings (SSSR count). The Morgan fingerprint density at radius 2 is 1.38 bits per heavy atom. The summed E-state index contributed by atoms with van der Waals surface area (Å²) in [4.78, 5) is 67.1. The summed E-state index contributed by atoms with van der Waals surface area (Å²) < 4.78 is 11.3. The molecule has 2 atom stereocenters. The van der Waals surface area contributed by atoms with Crippen LogP contribution < -0.4 is 10.6 Å². The summed E-state index contributed by atoms with van der Waals surface area (Å²) in [6, 6.07) is -0.561. The molecule has 0 aliphatic carbocycles. The molecule has 14 nitrogen and oxygen atoms in total. The molecule has 0 bridgehead atoms. The number of hydrogen-bond acceptors (Lipinski definition) is 10. The number of aryl methyl sites for hydroxylation is 3. The van der Waals surface area contributed by atoms with Crippen LogP contribution in [0.4, 0.5) is 0 Å². The van der Waals surface area contributed by atoms with Gasteiger partial charge >= 0.3 is 11.9 Å². The lowest BCUT2D eigenvalue weighted by Gasteiger charge is -2.22. The van der Waals surface area contributed by atoms with Crippen molar-refractivity contribution >= 4 is 51.5 Å². The Labute approximate surface area is 252 Å². The molecule has 42 heavy (non-hydrogen) atoms. The fourth-order valence-electron chi connectivity index (χ4n) is 4.10. The number of aromatic nitrogens is 4. The molecule has 15 heteroatoms. The van der Waals surface area contributed by atoms with Crippen molar-refractivity contribution in [1.29, 1.82) is 0 Å². The number of H-pyrrole nitrogens is 1. The molecule has 2 aliphatic heterocycles. The third-order valence-electron chi connectivity index (χ3n) is 6.09. The van der Waals surface area contributed by atoms with Gasteiger partial charge in [0.05, 0.1) is 35.1 Å². The molecule has 2 aromatic heterocycles. The monoisotopic (exact) mass is 654 g/mol. The largest absolute Gasteiger partial charge is 0.462 e. The Kier molecular flexibility index (Phi) is 14.2. The Balaban J connectivity index is 0.000000342. The van der Waals surface area contributed by atoms with Crippen molar-refractivity contribution < 1.29 is 38.2 Å². The van der Waals surface area contributed by atoms with Crippen LogP contribution in [-0.4, -0.2) is 73.6 Å². The van der Waals surface area contributed by atoms with Gasteiger partial charge < -0.3 is 9.47 Å². The molecule has 4 heterocycles. The van der Waals surface area contributed by atoms with E-state index in [4.69, 9.17) is 9.47 Å². The fraction of sp³-hybridized carbons (Fsp3) is 0.556. The second kappa shape index (κ2) is 16.5. The minimum absolute atomic E-state index is 0. The lowest BCUT2D eigenvalue weighted by Crippen LogP contribution is -2.42. The molecule has 0 spiro atoms. The van der Waals surface area contributed by atoms with Gasteiger partial charge in [0.2, 0.25) is 17.7 Å². The predicted octanol–water partition coefficient (Wildman–Crippen LogP) is 2.68. The highest BCUT2D eigenvalue weighted by atomic mass is 79.9. The normalized spacial score (nSPS) is 17.8. The van der Waals surface area contributed by atoms with E-state index in [0.29, 0.717) is 54.1 Å². The van der Waals surface area contributed by atoms with E-state index in [-0.39, 0.29) is 54.9 Å². The number of aromatic amines is 1. The molecule has 2 saturated heterocycles. The molecule has 232 valence electrons. The van der Waals surface area contributed by atoms with Crippen LogP contribution in [0, 0.1) is 27.7 Å². The first-order valence-electron chi connectivity index (χ1n) is 13.0. The number of rotatable bonds is 5. The van der Waals surface area contributed by atoms with Crippen LogP contribution in [-0.2, 0) is 28.7 Å². The van der Waals surface area contributed by atoms with Gasteiger partial charge in [0, 0.05) is 18.5 Å². The summed E-state index contributed by atoms with van der Waals surface area (Å²) in [6.07, 6.45) is 1.71. The van der Waals surface area contributed by atoms with E-state index in [1.807, 2.05) is 0 Å².